The van der Waals surface area contributed by atoms with E-state index in [9.17, 15) is 10.2 Å². The minimum Gasteiger partial charge on any atom is -0.854 e. The molecule has 0 spiro atoms. The van der Waals surface area contributed by atoms with E-state index in [1.54, 1.807) is 0 Å². The maximum Gasteiger partial charge on any atom is 2.00 e. The van der Waals surface area contributed by atoms with Crippen molar-refractivity contribution in [1.29, 1.82) is 0 Å². The molecule has 0 aliphatic rings. The van der Waals surface area contributed by atoms with Crippen molar-refractivity contribution in [2.24, 2.45) is 11.8 Å². The molecule has 0 amide bonds. The Bertz CT molecular complexity index is 143. The maximum atomic E-state index is 10.0. The molecule has 0 radical (unpaired) electrons. The number of rotatable bonds is 12. The van der Waals surface area contributed by atoms with Crippen molar-refractivity contribution < 1.29 is 10.2 Å². The second-order valence-corrected chi connectivity index (χ2v) is 6.60. The fourth-order valence-electron chi connectivity index (χ4n) is 2.02. The SMILES string of the molecule is CC(C)CCCCCC[O-].CC(C)CCCCCC[O-].[Ca+2]. The van der Waals surface area contributed by atoms with Crippen molar-refractivity contribution in [2.75, 3.05) is 13.2 Å². The van der Waals surface area contributed by atoms with Gasteiger partial charge >= 0.3 is 37.7 Å². The van der Waals surface area contributed by atoms with Crippen molar-refractivity contribution in [2.45, 2.75) is 91.9 Å². The van der Waals surface area contributed by atoms with Gasteiger partial charge in [-0.25, -0.2) is 0 Å². The zero-order valence-electron chi connectivity index (χ0n) is 15.2. The number of hydrogen-bond acceptors (Lipinski definition) is 2. The summed E-state index contributed by atoms with van der Waals surface area (Å²) in [5.41, 5.74) is 0. The van der Waals surface area contributed by atoms with E-state index < -0.39 is 0 Å². The van der Waals surface area contributed by atoms with E-state index in [0.717, 1.165) is 37.5 Å². The zero-order chi connectivity index (χ0) is 15.6. The first-order valence-corrected chi connectivity index (χ1v) is 8.70. The molecule has 3 heteroatoms. The molecule has 0 bridgehead atoms. The van der Waals surface area contributed by atoms with Crippen LogP contribution >= 0.6 is 0 Å². The number of hydrogen-bond donors (Lipinski definition) is 0. The summed E-state index contributed by atoms with van der Waals surface area (Å²) >= 11 is 0. The average molecular weight is 327 g/mol. The first kappa shape index (κ1) is 27.0. The van der Waals surface area contributed by atoms with Gasteiger partial charge in [0.2, 0.25) is 0 Å². The van der Waals surface area contributed by atoms with Crippen LogP contribution in [0.4, 0.5) is 0 Å². The second kappa shape index (κ2) is 23.4. The summed E-state index contributed by atoms with van der Waals surface area (Å²) in [4.78, 5) is 0. The largest absolute Gasteiger partial charge is 2.00 e. The van der Waals surface area contributed by atoms with Gasteiger partial charge in [-0.3, -0.25) is 0 Å². The molecule has 0 aliphatic heterocycles. The third kappa shape index (κ3) is 33.8. The summed E-state index contributed by atoms with van der Waals surface area (Å²) in [7, 11) is 0. The van der Waals surface area contributed by atoms with Crippen LogP contribution in [0.15, 0.2) is 0 Å². The van der Waals surface area contributed by atoms with E-state index in [1.807, 2.05) is 0 Å². The van der Waals surface area contributed by atoms with Crippen LogP contribution in [0.5, 0.6) is 0 Å². The Morgan fingerprint density at radius 2 is 0.810 bits per heavy atom. The molecule has 0 aliphatic carbocycles. The van der Waals surface area contributed by atoms with Crippen LogP contribution in [0.1, 0.15) is 91.9 Å². The van der Waals surface area contributed by atoms with E-state index in [1.165, 1.54) is 38.5 Å². The molecule has 124 valence electrons. The Labute approximate surface area is 164 Å². The van der Waals surface area contributed by atoms with Crippen molar-refractivity contribution in [3.05, 3.63) is 0 Å². The van der Waals surface area contributed by atoms with Gasteiger partial charge < -0.3 is 10.2 Å². The fraction of sp³-hybridized carbons (Fsp3) is 1.00. The summed E-state index contributed by atoms with van der Waals surface area (Å²) in [5, 5.41) is 20.1. The normalized spacial score (nSPS) is 10.3. The Kier molecular flexibility index (Phi) is 30.2. The predicted molar refractivity (Wildman–Crippen MR) is 91.3 cm³/mol. The molecule has 0 unspecified atom stereocenters. The molecule has 0 aromatic heterocycles. The van der Waals surface area contributed by atoms with Crippen molar-refractivity contribution in [3.63, 3.8) is 0 Å². The Hall–Kier alpha value is 1.18. The topological polar surface area (TPSA) is 46.1 Å². The van der Waals surface area contributed by atoms with Crippen LogP contribution in [0.25, 0.3) is 0 Å². The summed E-state index contributed by atoms with van der Waals surface area (Å²) in [6.45, 7) is 9.20. The molecular weight excluding hydrogens is 288 g/mol. The molecule has 0 heterocycles. The van der Waals surface area contributed by atoms with Crippen LogP contribution < -0.4 is 10.2 Å². The molecule has 0 fully saturated rings. The molecule has 0 atom stereocenters. The van der Waals surface area contributed by atoms with E-state index in [0.29, 0.717) is 0 Å². The Morgan fingerprint density at radius 3 is 1.05 bits per heavy atom. The second-order valence-electron chi connectivity index (χ2n) is 6.60. The smallest absolute Gasteiger partial charge is 0.854 e. The van der Waals surface area contributed by atoms with Gasteiger partial charge in [0, 0.05) is 0 Å². The summed E-state index contributed by atoms with van der Waals surface area (Å²) in [5.74, 6) is 1.65. The number of unbranched alkanes of at least 4 members (excludes halogenated alkanes) is 6. The predicted octanol–water partition coefficient (Wildman–Crippen LogP) is 3.53. The van der Waals surface area contributed by atoms with Gasteiger partial charge in [0.25, 0.3) is 0 Å². The molecule has 0 aromatic rings. The van der Waals surface area contributed by atoms with Gasteiger partial charge in [-0.1, -0.05) is 91.9 Å². The first-order chi connectivity index (χ1) is 9.54. The summed E-state index contributed by atoms with van der Waals surface area (Å²) in [6.07, 6.45) is 11.8. The van der Waals surface area contributed by atoms with Gasteiger partial charge in [0.1, 0.15) is 0 Å². The zero-order valence-corrected chi connectivity index (χ0v) is 17.4. The molecular formula is C18H38CaO2. The minimum atomic E-state index is 0. The molecule has 2 nitrogen and oxygen atoms in total. The van der Waals surface area contributed by atoms with Gasteiger partial charge in [-0.05, 0) is 11.8 Å². The molecule has 0 aromatic carbocycles. The van der Waals surface area contributed by atoms with Crippen molar-refractivity contribution in [3.8, 4) is 0 Å². The van der Waals surface area contributed by atoms with Crippen LogP contribution in [-0.4, -0.2) is 51.0 Å². The van der Waals surface area contributed by atoms with Gasteiger partial charge in [0.15, 0.2) is 0 Å². The molecule has 0 N–H and O–H groups in total. The standard InChI is InChI=1S/2C9H19O.Ca/c2*1-9(2)7-5-3-4-6-8-10;/h2*9H,3-8H2,1-2H3;/q2*-1;+2. The van der Waals surface area contributed by atoms with E-state index in [4.69, 9.17) is 0 Å². The molecule has 0 saturated carbocycles. The molecule has 21 heavy (non-hydrogen) atoms. The van der Waals surface area contributed by atoms with Crippen LogP contribution in [0.3, 0.4) is 0 Å². The molecule has 0 saturated heterocycles. The van der Waals surface area contributed by atoms with Gasteiger partial charge in [-0.2, -0.15) is 0 Å². The third-order valence-electron chi connectivity index (χ3n) is 3.35. The van der Waals surface area contributed by atoms with E-state index >= 15 is 0 Å². The van der Waals surface area contributed by atoms with E-state index in [2.05, 4.69) is 27.7 Å². The first-order valence-electron chi connectivity index (χ1n) is 8.70. The average Bonchev–Trinajstić information content (AvgIpc) is 2.38. The van der Waals surface area contributed by atoms with E-state index in [-0.39, 0.29) is 51.0 Å². The van der Waals surface area contributed by atoms with Crippen LogP contribution in [0.2, 0.25) is 0 Å². The minimum absolute atomic E-state index is 0. The van der Waals surface area contributed by atoms with Crippen molar-refractivity contribution >= 4 is 37.7 Å². The van der Waals surface area contributed by atoms with Crippen LogP contribution in [-0.2, 0) is 0 Å². The van der Waals surface area contributed by atoms with Gasteiger partial charge in [0.05, 0.1) is 0 Å². The quantitative estimate of drug-likeness (QED) is 0.407. The molecule has 0 rings (SSSR count). The fourth-order valence-corrected chi connectivity index (χ4v) is 2.02. The monoisotopic (exact) mass is 326 g/mol. The van der Waals surface area contributed by atoms with Crippen LogP contribution in [0, 0.1) is 11.8 Å². The summed E-state index contributed by atoms with van der Waals surface area (Å²) < 4.78 is 0. The van der Waals surface area contributed by atoms with Crippen molar-refractivity contribution in [1.82, 2.24) is 0 Å². The van der Waals surface area contributed by atoms with Gasteiger partial charge in [-0.15, -0.1) is 13.2 Å². The Morgan fingerprint density at radius 1 is 0.524 bits per heavy atom. The Balaban J connectivity index is -0.000000295. The maximum absolute atomic E-state index is 10.0. The summed E-state index contributed by atoms with van der Waals surface area (Å²) in [6, 6.07) is 0. The third-order valence-corrected chi connectivity index (χ3v) is 3.35.